The first-order chi connectivity index (χ1) is 23.0. The number of hydrogen-bond acceptors (Lipinski definition) is 6. The van der Waals surface area contributed by atoms with Gasteiger partial charge < -0.3 is 15.4 Å². The van der Waals surface area contributed by atoms with Gasteiger partial charge in [-0.15, -0.1) is 0 Å². The number of ether oxygens (including phenoxy) is 1. The Bertz CT molecular complexity index is 1920. The van der Waals surface area contributed by atoms with Crippen LogP contribution in [0.3, 0.4) is 0 Å². The summed E-state index contributed by atoms with van der Waals surface area (Å²) < 4.78 is 118. The lowest BCUT2D eigenvalue weighted by Gasteiger charge is -2.39. The summed E-state index contributed by atoms with van der Waals surface area (Å²) in [6, 6.07) is 5.55. The zero-order chi connectivity index (χ0) is 37.5. The standard InChI is InChI=1S/C32H27ClF8N4O4Si/c1-50(2,3)7-6-49-15-45-25(46)13-44(14-31(36,37)38)24-11-19(26-20(30(43)48)8-16(9-23(26)35)32(39,40)41)27(21(12-42)28(24)45)29(47)18-10-17(34)4-5-22(18)33/h4-5,8-11H,6-7,13-15H2,1-3H3,(H2,43,48). The molecule has 0 radical (unpaired) electrons. The highest BCUT2D eigenvalue weighted by Gasteiger charge is 2.42. The van der Waals surface area contributed by atoms with Gasteiger partial charge in [-0.1, -0.05) is 31.2 Å². The van der Waals surface area contributed by atoms with Gasteiger partial charge in [0, 0.05) is 31.4 Å². The average Bonchev–Trinajstić information content (AvgIpc) is 2.98. The van der Waals surface area contributed by atoms with Crippen molar-refractivity contribution >= 4 is 48.6 Å². The predicted molar refractivity (Wildman–Crippen MR) is 170 cm³/mol. The fourth-order valence-electron chi connectivity index (χ4n) is 5.25. The molecule has 8 nitrogen and oxygen atoms in total. The summed E-state index contributed by atoms with van der Waals surface area (Å²) in [5, 5.41) is 10.1. The van der Waals surface area contributed by atoms with E-state index in [9.17, 15) is 50.4 Å². The summed E-state index contributed by atoms with van der Waals surface area (Å²) in [6.45, 7) is 2.80. The Balaban J connectivity index is 2.16. The third kappa shape index (κ3) is 8.25. The molecule has 3 aromatic rings. The smallest absolute Gasteiger partial charge is 0.366 e. The van der Waals surface area contributed by atoms with Crippen LogP contribution in [-0.2, 0) is 15.7 Å². The molecule has 2 amide bonds. The van der Waals surface area contributed by atoms with Gasteiger partial charge in [0.05, 0.1) is 45.2 Å². The molecule has 1 aliphatic rings. The van der Waals surface area contributed by atoms with E-state index >= 15 is 4.39 Å². The van der Waals surface area contributed by atoms with Crippen molar-refractivity contribution in [3.8, 4) is 17.2 Å². The molecule has 1 heterocycles. The quantitative estimate of drug-likeness (QED) is 0.0993. The molecule has 3 aromatic carbocycles. The number of anilines is 2. The number of carbonyl (C=O) groups is 3. The molecule has 2 N–H and O–H groups in total. The van der Waals surface area contributed by atoms with Gasteiger partial charge in [0.1, 0.15) is 31.0 Å². The number of halogens is 9. The SMILES string of the molecule is C[Si](C)(C)CCOCN1C(=O)CN(CC(F)(F)F)c2cc(-c3c(F)cc(C(F)(F)F)cc3C(N)=O)c(C(=O)c3cc(F)ccc3Cl)c(C#N)c21. The van der Waals surface area contributed by atoms with Crippen LogP contribution in [0.2, 0.25) is 30.7 Å². The van der Waals surface area contributed by atoms with E-state index in [1.165, 1.54) is 0 Å². The van der Waals surface area contributed by atoms with Crippen molar-refractivity contribution in [2.45, 2.75) is 38.0 Å². The lowest BCUT2D eigenvalue weighted by atomic mass is 9.85. The number of benzene rings is 3. The Morgan fingerprint density at radius 3 is 2.26 bits per heavy atom. The molecule has 50 heavy (non-hydrogen) atoms. The molecule has 0 aliphatic carbocycles. The molecule has 0 saturated carbocycles. The Kier molecular flexibility index (Phi) is 10.7. The Morgan fingerprint density at radius 2 is 1.70 bits per heavy atom. The third-order valence-electron chi connectivity index (χ3n) is 7.57. The molecule has 266 valence electrons. The molecule has 0 fully saturated rings. The minimum atomic E-state index is -5.20. The number of rotatable bonds is 10. The van der Waals surface area contributed by atoms with E-state index in [0.717, 1.165) is 23.1 Å². The van der Waals surface area contributed by atoms with Crippen LogP contribution in [0.1, 0.15) is 37.4 Å². The van der Waals surface area contributed by atoms with Gasteiger partial charge in [-0.3, -0.25) is 19.3 Å². The first kappa shape index (κ1) is 38.3. The van der Waals surface area contributed by atoms with Crippen molar-refractivity contribution in [3.05, 3.63) is 80.9 Å². The molecular weight excluding hydrogens is 720 g/mol. The summed E-state index contributed by atoms with van der Waals surface area (Å²) in [4.78, 5) is 41.4. The highest BCUT2D eigenvalue weighted by atomic mass is 35.5. The van der Waals surface area contributed by atoms with E-state index in [2.05, 4.69) is 0 Å². The molecule has 18 heteroatoms. The van der Waals surface area contributed by atoms with Gasteiger partial charge in [-0.25, -0.2) is 8.78 Å². The minimum Gasteiger partial charge on any atom is -0.366 e. The first-order valence-electron chi connectivity index (χ1n) is 14.6. The highest BCUT2D eigenvalue weighted by Crippen LogP contribution is 2.47. The molecule has 1 aliphatic heterocycles. The van der Waals surface area contributed by atoms with E-state index in [1.807, 2.05) is 19.6 Å². The Morgan fingerprint density at radius 1 is 1.04 bits per heavy atom. The van der Waals surface area contributed by atoms with Crippen LogP contribution in [0.5, 0.6) is 0 Å². The summed E-state index contributed by atoms with van der Waals surface area (Å²) >= 11 is 6.17. The summed E-state index contributed by atoms with van der Waals surface area (Å²) in [6.07, 6.45) is -10.2. The first-order valence-corrected chi connectivity index (χ1v) is 18.6. The van der Waals surface area contributed by atoms with Gasteiger partial charge in [0.15, 0.2) is 5.78 Å². The van der Waals surface area contributed by atoms with Crippen LogP contribution < -0.4 is 15.5 Å². The zero-order valence-electron chi connectivity index (χ0n) is 26.5. The van der Waals surface area contributed by atoms with Crippen molar-refractivity contribution in [2.75, 3.05) is 36.2 Å². The molecule has 0 unspecified atom stereocenters. The van der Waals surface area contributed by atoms with Gasteiger partial charge in [0.25, 0.3) is 0 Å². The fraction of sp³-hybridized carbons (Fsp3) is 0.312. The van der Waals surface area contributed by atoms with Gasteiger partial charge in [-0.05, 0) is 42.4 Å². The van der Waals surface area contributed by atoms with Gasteiger partial charge >= 0.3 is 12.4 Å². The second kappa shape index (κ2) is 14.0. The maximum Gasteiger partial charge on any atom is 0.416 e. The van der Waals surface area contributed by atoms with Crippen molar-refractivity contribution in [2.24, 2.45) is 5.73 Å². The normalized spacial score (nSPS) is 13.7. The number of nitrogens with zero attached hydrogens (tertiary/aromatic N) is 3. The van der Waals surface area contributed by atoms with E-state index in [0.29, 0.717) is 17.0 Å². The number of ketones is 1. The van der Waals surface area contributed by atoms with Crippen LogP contribution in [0.4, 0.5) is 46.5 Å². The summed E-state index contributed by atoms with van der Waals surface area (Å²) in [5.74, 6) is -6.79. The number of amides is 2. The Hall–Kier alpha value is -4.53. The number of primary amides is 1. The van der Waals surface area contributed by atoms with Crippen molar-refractivity contribution < 1.29 is 54.2 Å². The molecule has 0 spiro atoms. The number of nitriles is 1. The van der Waals surface area contributed by atoms with Crippen LogP contribution in [0.25, 0.3) is 11.1 Å². The fourth-order valence-corrected chi connectivity index (χ4v) is 6.21. The Labute approximate surface area is 286 Å². The maximum absolute atomic E-state index is 15.9. The monoisotopic (exact) mass is 746 g/mol. The van der Waals surface area contributed by atoms with Crippen molar-refractivity contribution in [3.63, 3.8) is 0 Å². The van der Waals surface area contributed by atoms with Crippen LogP contribution in [0.15, 0.2) is 36.4 Å². The lowest BCUT2D eigenvalue weighted by Crippen LogP contribution is -2.50. The van der Waals surface area contributed by atoms with Gasteiger partial charge in [-0.2, -0.15) is 31.6 Å². The predicted octanol–water partition coefficient (Wildman–Crippen LogP) is 7.53. The van der Waals surface area contributed by atoms with Crippen molar-refractivity contribution in [1.82, 2.24) is 0 Å². The van der Waals surface area contributed by atoms with E-state index in [1.54, 1.807) is 6.07 Å². The summed E-state index contributed by atoms with van der Waals surface area (Å²) in [7, 11) is -1.69. The number of alkyl halides is 6. The van der Waals surface area contributed by atoms with E-state index in [4.69, 9.17) is 22.1 Å². The van der Waals surface area contributed by atoms with Crippen LogP contribution in [-0.4, -0.2) is 58.3 Å². The third-order valence-corrected chi connectivity index (χ3v) is 9.60. The topological polar surface area (TPSA) is 117 Å². The van der Waals surface area contributed by atoms with Crippen molar-refractivity contribution in [1.29, 1.82) is 5.26 Å². The lowest BCUT2D eigenvalue weighted by molar-refractivity contribution is -0.137. The number of carbonyl (C=O) groups excluding carboxylic acids is 3. The average molecular weight is 747 g/mol. The molecular formula is C32H27ClF8N4O4Si. The van der Waals surface area contributed by atoms with E-state index in [-0.39, 0.29) is 18.7 Å². The number of hydrogen-bond donors (Lipinski definition) is 1. The second-order valence-corrected chi connectivity index (χ2v) is 18.5. The van der Waals surface area contributed by atoms with Crippen LogP contribution >= 0.6 is 11.6 Å². The minimum absolute atomic E-state index is 0.0353. The van der Waals surface area contributed by atoms with E-state index < -0.39 is 125 Å². The van der Waals surface area contributed by atoms with Gasteiger partial charge in [0.2, 0.25) is 11.8 Å². The molecule has 0 saturated heterocycles. The highest BCUT2D eigenvalue weighted by molar-refractivity contribution is 6.76. The molecule has 4 rings (SSSR count). The van der Waals surface area contributed by atoms with Crippen LogP contribution in [0, 0.1) is 23.0 Å². The summed E-state index contributed by atoms with van der Waals surface area (Å²) in [5.41, 5.74) is -3.02. The second-order valence-electron chi connectivity index (χ2n) is 12.5. The molecule has 0 aromatic heterocycles. The number of nitrogens with two attached hydrogens (primary N) is 1. The largest absolute Gasteiger partial charge is 0.416 e. The zero-order valence-corrected chi connectivity index (χ0v) is 28.2. The number of fused-ring (bicyclic) bond motifs is 1. The molecule has 0 atom stereocenters. The molecule has 0 bridgehead atoms. The maximum atomic E-state index is 15.9.